The van der Waals surface area contributed by atoms with Gasteiger partial charge < -0.3 is 0 Å². The molecule has 0 unspecified atom stereocenters. The van der Waals surface area contributed by atoms with Gasteiger partial charge in [-0.1, -0.05) is 25.7 Å². The average Bonchev–Trinajstić information content (AvgIpc) is 2.26. The summed E-state index contributed by atoms with van der Waals surface area (Å²) >= 11 is 0. The molecule has 0 atom stereocenters. The zero-order valence-electron chi connectivity index (χ0n) is 8.86. The molecular formula is C13H12N2. The maximum absolute atomic E-state index is 4.24. The van der Waals surface area contributed by atoms with Gasteiger partial charge in [0.2, 0.25) is 0 Å². The average molecular weight is 196 g/mol. The number of aromatic nitrogens is 2. The zero-order valence-corrected chi connectivity index (χ0v) is 8.86. The summed E-state index contributed by atoms with van der Waals surface area (Å²) in [5.41, 5.74) is 2.80. The standard InChI is InChI=1S/C13H12N2/c1-10(2)3-4-11-5-6-12-13(9-11)15-8-7-14-12/h5-10H,1-2H3. The normalized spacial score (nSPS) is 10.1. The van der Waals surface area contributed by atoms with E-state index in [-0.39, 0.29) is 0 Å². The van der Waals surface area contributed by atoms with Gasteiger partial charge >= 0.3 is 0 Å². The van der Waals surface area contributed by atoms with Gasteiger partial charge in [0.05, 0.1) is 11.0 Å². The Kier molecular flexibility index (Phi) is 2.64. The minimum atomic E-state index is 0.391. The molecular weight excluding hydrogens is 184 g/mol. The molecule has 0 aliphatic rings. The maximum Gasteiger partial charge on any atom is 0.0899 e. The highest BCUT2D eigenvalue weighted by Gasteiger charge is 1.95. The predicted molar refractivity (Wildman–Crippen MR) is 61.3 cm³/mol. The highest BCUT2D eigenvalue weighted by atomic mass is 14.8. The van der Waals surface area contributed by atoms with Gasteiger partial charge in [-0.2, -0.15) is 0 Å². The lowest BCUT2D eigenvalue weighted by atomic mass is 10.1. The first-order chi connectivity index (χ1) is 7.25. The van der Waals surface area contributed by atoms with E-state index in [0.29, 0.717) is 5.92 Å². The first-order valence-corrected chi connectivity index (χ1v) is 4.98. The number of hydrogen-bond acceptors (Lipinski definition) is 2. The first-order valence-electron chi connectivity index (χ1n) is 4.98. The van der Waals surface area contributed by atoms with E-state index in [9.17, 15) is 0 Å². The van der Waals surface area contributed by atoms with Crippen LogP contribution in [0, 0.1) is 17.8 Å². The topological polar surface area (TPSA) is 25.8 Å². The van der Waals surface area contributed by atoms with E-state index in [4.69, 9.17) is 0 Å². The van der Waals surface area contributed by atoms with E-state index in [1.54, 1.807) is 12.4 Å². The molecule has 2 heteroatoms. The van der Waals surface area contributed by atoms with Crippen molar-refractivity contribution in [1.82, 2.24) is 9.97 Å². The van der Waals surface area contributed by atoms with Crippen molar-refractivity contribution in [2.45, 2.75) is 13.8 Å². The summed E-state index contributed by atoms with van der Waals surface area (Å²) in [6.45, 7) is 4.15. The van der Waals surface area contributed by atoms with Crippen molar-refractivity contribution in [2.24, 2.45) is 5.92 Å². The Morgan fingerprint density at radius 1 is 1.07 bits per heavy atom. The van der Waals surface area contributed by atoms with Crippen molar-refractivity contribution in [3.05, 3.63) is 36.2 Å². The molecule has 1 aromatic heterocycles. The lowest BCUT2D eigenvalue weighted by Crippen LogP contribution is -1.84. The van der Waals surface area contributed by atoms with E-state index in [1.165, 1.54) is 0 Å². The molecule has 2 aromatic rings. The molecule has 0 spiro atoms. The quantitative estimate of drug-likeness (QED) is 0.605. The van der Waals surface area contributed by atoms with Gasteiger partial charge in [0.15, 0.2) is 0 Å². The van der Waals surface area contributed by atoms with Crippen LogP contribution in [0.15, 0.2) is 30.6 Å². The fraction of sp³-hybridized carbons (Fsp3) is 0.231. The lowest BCUT2D eigenvalue weighted by molar-refractivity contribution is 0.866. The van der Waals surface area contributed by atoms with Gasteiger partial charge in [-0.3, -0.25) is 9.97 Å². The van der Waals surface area contributed by atoms with Gasteiger partial charge in [-0.25, -0.2) is 0 Å². The summed E-state index contributed by atoms with van der Waals surface area (Å²) in [4.78, 5) is 8.45. The lowest BCUT2D eigenvalue weighted by Gasteiger charge is -1.96. The third-order valence-electron chi connectivity index (χ3n) is 1.97. The molecule has 0 aliphatic heterocycles. The largest absolute Gasteiger partial charge is 0.253 e. The van der Waals surface area contributed by atoms with Crippen molar-refractivity contribution in [3.63, 3.8) is 0 Å². The van der Waals surface area contributed by atoms with Crippen LogP contribution in [0.2, 0.25) is 0 Å². The van der Waals surface area contributed by atoms with Crippen LogP contribution < -0.4 is 0 Å². The van der Waals surface area contributed by atoms with Crippen molar-refractivity contribution in [1.29, 1.82) is 0 Å². The van der Waals surface area contributed by atoms with Crippen LogP contribution in [-0.2, 0) is 0 Å². The van der Waals surface area contributed by atoms with Crippen LogP contribution >= 0.6 is 0 Å². The van der Waals surface area contributed by atoms with Crippen LogP contribution in [0.25, 0.3) is 11.0 Å². The minimum Gasteiger partial charge on any atom is -0.253 e. The second-order valence-corrected chi connectivity index (χ2v) is 3.68. The third-order valence-corrected chi connectivity index (χ3v) is 1.97. The van der Waals surface area contributed by atoms with E-state index in [1.807, 2.05) is 18.2 Å². The molecule has 0 radical (unpaired) electrons. The zero-order chi connectivity index (χ0) is 10.7. The summed E-state index contributed by atoms with van der Waals surface area (Å²) in [6, 6.07) is 5.90. The molecule has 15 heavy (non-hydrogen) atoms. The van der Waals surface area contributed by atoms with Crippen LogP contribution in [0.5, 0.6) is 0 Å². The van der Waals surface area contributed by atoms with Crippen LogP contribution in [0.3, 0.4) is 0 Å². The number of rotatable bonds is 0. The van der Waals surface area contributed by atoms with Gasteiger partial charge in [0, 0.05) is 23.9 Å². The van der Waals surface area contributed by atoms with Crippen molar-refractivity contribution < 1.29 is 0 Å². The second-order valence-electron chi connectivity index (χ2n) is 3.68. The second kappa shape index (κ2) is 4.10. The van der Waals surface area contributed by atoms with Gasteiger partial charge in [0.1, 0.15) is 0 Å². The molecule has 0 aliphatic carbocycles. The first kappa shape index (κ1) is 9.67. The fourth-order valence-corrected chi connectivity index (χ4v) is 1.27. The molecule has 1 aromatic carbocycles. The summed E-state index contributed by atoms with van der Waals surface area (Å²) < 4.78 is 0. The minimum absolute atomic E-state index is 0.391. The Hall–Kier alpha value is -1.88. The Morgan fingerprint density at radius 3 is 2.53 bits per heavy atom. The molecule has 0 N–H and O–H groups in total. The number of hydrogen-bond donors (Lipinski definition) is 0. The molecule has 0 saturated heterocycles. The molecule has 2 nitrogen and oxygen atoms in total. The molecule has 0 saturated carbocycles. The summed E-state index contributed by atoms with van der Waals surface area (Å²) in [6.07, 6.45) is 3.39. The molecule has 2 rings (SSSR count). The Bertz CT molecular complexity index is 533. The van der Waals surface area contributed by atoms with E-state index in [0.717, 1.165) is 16.6 Å². The van der Waals surface area contributed by atoms with E-state index >= 15 is 0 Å². The maximum atomic E-state index is 4.24. The van der Waals surface area contributed by atoms with Gasteiger partial charge in [-0.15, -0.1) is 0 Å². The molecule has 0 fully saturated rings. The van der Waals surface area contributed by atoms with Gasteiger partial charge in [-0.05, 0) is 18.2 Å². The molecule has 0 bridgehead atoms. The van der Waals surface area contributed by atoms with Gasteiger partial charge in [0.25, 0.3) is 0 Å². The van der Waals surface area contributed by atoms with Crippen LogP contribution in [0.1, 0.15) is 19.4 Å². The molecule has 1 heterocycles. The highest BCUT2D eigenvalue weighted by molar-refractivity contribution is 5.75. The number of nitrogens with zero attached hydrogens (tertiary/aromatic N) is 2. The van der Waals surface area contributed by atoms with E-state index < -0.39 is 0 Å². The summed E-state index contributed by atoms with van der Waals surface area (Å²) in [5, 5.41) is 0. The summed E-state index contributed by atoms with van der Waals surface area (Å²) in [5.74, 6) is 6.64. The number of fused-ring (bicyclic) bond motifs is 1. The van der Waals surface area contributed by atoms with E-state index in [2.05, 4.69) is 35.7 Å². The fourth-order valence-electron chi connectivity index (χ4n) is 1.27. The van der Waals surface area contributed by atoms with Crippen molar-refractivity contribution in [2.75, 3.05) is 0 Å². The highest BCUT2D eigenvalue weighted by Crippen LogP contribution is 2.09. The van der Waals surface area contributed by atoms with Crippen molar-refractivity contribution >= 4 is 11.0 Å². The monoisotopic (exact) mass is 196 g/mol. The Labute approximate surface area is 89.4 Å². The molecule has 0 amide bonds. The van der Waals surface area contributed by atoms with Crippen LogP contribution in [-0.4, -0.2) is 9.97 Å². The molecule has 74 valence electrons. The number of benzene rings is 1. The predicted octanol–water partition coefficient (Wildman–Crippen LogP) is 2.64. The summed E-state index contributed by atoms with van der Waals surface area (Å²) in [7, 11) is 0. The Balaban J connectivity index is 2.44. The van der Waals surface area contributed by atoms with Crippen molar-refractivity contribution in [3.8, 4) is 11.8 Å². The SMILES string of the molecule is CC(C)C#Cc1ccc2nccnc2c1. The third kappa shape index (κ3) is 2.32. The smallest absolute Gasteiger partial charge is 0.0899 e. The Morgan fingerprint density at radius 2 is 1.80 bits per heavy atom. The van der Waals surface area contributed by atoms with Crippen LogP contribution in [0.4, 0.5) is 0 Å².